The Bertz CT molecular complexity index is 818. The minimum Gasteiger partial charge on any atom is -0.495 e. The molecule has 0 bridgehead atoms. The molecular weight excluding hydrogens is 377 g/mol. The summed E-state index contributed by atoms with van der Waals surface area (Å²) in [6.45, 7) is 1.39. The van der Waals surface area contributed by atoms with Crippen molar-refractivity contribution in [1.29, 1.82) is 0 Å². The second kappa shape index (κ2) is 8.47. The van der Waals surface area contributed by atoms with E-state index in [1.807, 2.05) is 17.5 Å². The van der Waals surface area contributed by atoms with Gasteiger partial charge in [0, 0.05) is 30.7 Å². The summed E-state index contributed by atoms with van der Waals surface area (Å²) in [7, 11) is -2.52. The van der Waals surface area contributed by atoms with Crippen molar-refractivity contribution < 1.29 is 22.3 Å². The highest BCUT2D eigenvalue weighted by Crippen LogP contribution is 2.31. The van der Waals surface area contributed by atoms with Crippen molar-refractivity contribution in [2.75, 3.05) is 26.9 Å². The summed E-state index contributed by atoms with van der Waals surface area (Å²) in [4.78, 5) is 0.987. The quantitative estimate of drug-likeness (QED) is 0.717. The predicted octanol–water partition coefficient (Wildman–Crippen LogP) is 3.31. The lowest BCUT2D eigenvalue weighted by molar-refractivity contribution is 0.0586. The Balaban J connectivity index is 1.94. The highest BCUT2D eigenvalue weighted by atomic mass is 32.2. The van der Waals surface area contributed by atoms with Gasteiger partial charge in [0.25, 0.3) is 0 Å². The average molecular weight is 400 g/mol. The van der Waals surface area contributed by atoms with Crippen LogP contribution in [0.4, 0.5) is 4.39 Å². The summed E-state index contributed by atoms with van der Waals surface area (Å²) in [6.07, 6.45) is 1.87. The Kier molecular flexibility index (Phi) is 6.29. The fourth-order valence-corrected chi connectivity index (χ4v) is 5.68. The first kappa shape index (κ1) is 19.3. The van der Waals surface area contributed by atoms with Crippen molar-refractivity contribution in [2.24, 2.45) is 0 Å². The number of rotatable bonds is 7. The van der Waals surface area contributed by atoms with Crippen LogP contribution in [-0.4, -0.2) is 45.6 Å². The lowest BCUT2D eigenvalue weighted by Crippen LogP contribution is -2.44. The van der Waals surface area contributed by atoms with Crippen molar-refractivity contribution in [1.82, 2.24) is 4.31 Å². The smallest absolute Gasteiger partial charge is 0.247 e. The maximum atomic E-state index is 13.8. The van der Waals surface area contributed by atoms with Gasteiger partial charge >= 0.3 is 0 Å². The fourth-order valence-electron chi connectivity index (χ4n) is 3.13. The number of hydrogen-bond donors (Lipinski definition) is 0. The fraction of sp³-hybridized carbons (Fsp3) is 0.444. The molecule has 0 unspecified atom stereocenters. The lowest BCUT2D eigenvalue weighted by atomic mass is 10.1. The summed E-state index contributed by atoms with van der Waals surface area (Å²) in [5.41, 5.74) is 0. The third-order valence-corrected chi connectivity index (χ3v) is 7.38. The summed E-state index contributed by atoms with van der Waals surface area (Å²) in [6, 6.07) is 7.35. The zero-order valence-corrected chi connectivity index (χ0v) is 16.2. The molecule has 0 spiro atoms. The van der Waals surface area contributed by atoms with Crippen molar-refractivity contribution in [3.05, 3.63) is 46.4 Å². The van der Waals surface area contributed by atoms with Crippen LogP contribution >= 0.6 is 11.3 Å². The van der Waals surface area contributed by atoms with E-state index in [9.17, 15) is 12.8 Å². The van der Waals surface area contributed by atoms with Crippen LogP contribution in [-0.2, 0) is 21.2 Å². The molecule has 26 heavy (non-hydrogen) atoms. The Labute approximate surface area is 157 Å². The number of nitrogens with zero attached hydrogens (tertiary/aromatic N) is 1. The maximum Gasteiger partial charge on any atom is 0.247 e. The van der Waals surface area contributed by atoms with E-state index >= 15 is 0 Å². The molecule has 1 aromatic carbocycles. The standard InChI is InChI=1S/C18H22FNO4S2/c1-23-17-5-4-14(19)13-18(17)26(21,22)20(15-7-10-24-11-8-15)9-6-16-3-2-12-25-16/h2-5,12-13,15H,6-11H2,1H3. The minimum absolute atomic E-state index is 0.127. The lowest BCUT2D eigenvalue weighted by Gasteiger charge is -2.33. The van der Waals surface area contributed by atoms with Gasteiger partial charge in [-0.2, -0.15) is 4.31 Å². The topological polar surface area (TPSA) is 55.8 Å². The Morgan fingerprint density at radius 3 is 2.73 bits per heavy atom. The van der Waals surface area contributed by atoms with Crippen LogP contribution in [0.5, 0.6) is 5.75 Å². The molecule has 5 nitrogen and oxygen atoms in total. The summed E-state index contributed by atoms with van der Waals surface area (Å²) >= 11 is 1.60. The third-order valence-electron chi connectivity index (χ3n) is 4.47. The van der Waals surface area contributed by atoms with Crippen molar-refractivity contribution in [2.45, 2.75) is 30.2 Å². The summed E-state index contributed by atoms with van der Waals surface area (Å²) < 4.78 is 52.6. The Hall–Kier alpha value is -1.48. The summed E-state index contributed by atoms with van der Waals surface area (Å²) in [5.74, 6) is -0.450. The molecular formula is C18H22FNO4S2. The van der Waals surface area contributed by atoms with Gasteiger partial charge < -0.3 is 9.47 Å². The van der Waals surface area contributed by atoms with E-state index in [1.165, 1.54) is 23.5 Å². The molecule has 0 aliphatic carbocycles. The first-order valence-electron chi connectivity index (χ1n) is 8.48. The number of methoxy groups -OCH3 is 1. The zero-order chi connectivity index (χ0) is 18.6. The number of sulfonamides is 1. The van der Waals surface area contributed by atoms with Gasteiger partial charge in [-0.1, -0.05) is 6.07 Å². The van der Waals surface area contributed by atoms with Crippen molar-refractivity contribution in [3.63, 3.8) is 0 Å². The largest absolute Gasteiger partial charge is 0.495 e. The third kappa shape index (κ3) is 4.25. The first-order chi connectivity index (χ1) is 12.5. The highest BCUT2D eigenvalue weighted by Gasteiger charge is 2.34. The van der Waals surface area contributed by atoms with Crippen molar-refractivity contribution in [3.8, 4) is 5.75 Å². The van der Waals surface area contributed by atoms with E-state index in [2.05, 4.69) is 0 Å². The van der Waals surface area contributed by atoms with Gasteiger partial charge in [0.15, 0.2) is 0 Å². The van der Waals surface area contributed by atoms with E-state index in [4.69, 9.17) is 9.47 Å². The van der Waals surface area contributed by atoms with E-state index in [-0.39, 0.29) is 16.7 Å². The van der Waals surface area contributed by atoms with Gasteiger partial charge in [-0.15, -0.1) is 11.3 Å². The van der Waals surface area contributed by atoms with Gasteiger partial charge in [0.1, 0.15) is 16.5 Å². The van der Waals surface area contributed by atoms with Crippen molar-refractivity contribution >= 4 is 21.4 Å². The second-order valence-corrected chi connectivity index (χ2v) is 8.98. The molecule has 3 rings (SSSR count). The highest BCUT2D eigenvalue weighted by molar-refractivity contribution is 7.89. The van der Waals surface area contributed by atoms with E-state index in [1.54, 1.807) is 11.3 Å². The van der Waals surface area contributed by atoms with Gasteiger partial charge in [-0.05, 0) is 48.9 Å². The second-order valence-electron chi connectivity index (χ2n) is 6.08. The molecule has 1 saturated heterocycles. The van der Waals surface area contributed by atoms with Crippen LogP contribution in [0, 0.1) is 5.82 Å². The van der Waals surface area contributed by atoms with Crippen LogP contribution in [0.1, 0.15) is 17.7 Å². The number of halogens is 1. The van der Waals surface area contributed by atoms with Gasteiger partial charge in [-0.25, -0.2) is 12.8 Å². The SMILES string of the molecule is COc1ccc(F)cc1S(=O)(=O)N(CCc1cccs1)C1CCOCC1. The molecule has 0 radical (unpaired) electrons. The molecule has 142 valence electrons. The predicted molar refractivity (Wildman–Crippen MR) is 98.7 cm³/mol. The van der Waals surface area contributed by atoms with E-state index in [0.29, 0.717) is 39.0 Å². The maximum absolute atomic E-state index is 13.8. The Morgan fingerprint density at radius 2 is 2.08 bits per heavy atom. The molecule has 0 atom stereocenters. The molecule has 8 heteroatoms. The number of benzene rings is 1. The molecule has 1 aliphatic rings. The molecule has 1 fully saturated rings. The minimum atomic E-state index is -3.90. The summed E-state index contributed by atoms with van der Waals surface area (Å²) in [5, 5.41) is 1.97. The number of hydrogen-bond acceptors (Lipinski definition) is 5. The normalized spacial score (nSPS) is 16.1. The van der Waals surface area contributed by atoms with E-state index in [0.717, 1.165) is 10.9 Å². The van der Waals surface area contributed by atoms with Crippen LogP contribution in [0.15, 0.2) is 40.6 Å². The van der Waals surface area contributed by atoms with Crippen LogP contribution in [0.2, 0.25) is 0 Å². The van der Waals surface area contributed by atoms with Gasteiger partial charge in [0.2, 0.25) is 10.0 Å². The van der Waals surface area contributed by atoms with Crippen LogP contribution < -0.4 is 4.74 Å². The first-order valence-corrected chi connectivity index (χ1v) is 10.8. The Morgan fingerprint density at radius 1 is 1.31 bits per heavy atom. The van der Waals surface area contributed by atoms with Crippen LogP contribution in [0.3, 0.4) is 0 Å². The van der Waals surface area contributed by atoms with Gasteiger partial charge in [0.05, 0.1) is 7.11 Å². The molecule has 1 aromatic heterocycles. The molecule has 0 amide bonds. The number of ether oxygens (including phenoxy) is 2. The average Bonchev–Trinajstić information content (AvgIpc) is 3.16. The zero-order valence-electron chi connectivity index (χ0n) is 14.6. The molecule has 2 heterocycles. The molecule has 0 N–H and O–H groups in total. The molecule has 2 aromatic rings. The van der Waals surface area contributed by atoms with E-state index < -0.39 is 15.8 Å². The number of thiophene rings is 1. The monoisotopic (exact) mass is 399 g/mol. The molecule has 1 aliphatic heterocycles. The molecule has 0 saturated carbocycles. The van der Waals surface area contributed by atoms with Gasteiger partial charge in [-0.3, -0.25) is 0 Å². The van der Waals surface area contributed by atoms with Crippen LogP contribution in [0.25, 0.3) is 0 Å².